The first-order valence-corrected chi connectivity index (χ1v) is 7.54. The Kier molecular flexibility index (Phi) is 4.69. The summed E-state index contributed by atoms with van der Waals surface area (Å²) in [5.41, 5.74) is 4.56. The normalized spacial score (nSPS) is 10.9. The minimum absolute atomic E-state index is 0.229. The Balaban J connectivity index is 2.11. The average Bonchev–Trinajstić information content (AvgIpc) is 2.60. The minimum Gasteiger partial charge on any atom is -0.504 e. The lowest BCUT2D eigenvalue weighted by Gasteiger charge is -2.08. The molecule has 114 valence electrons. The van der Waals surface area contributed by atoms with Gasteiger partial charge in [0.25, 0.3) is 0 Å². The third-order valence-electron chi connectivity index (χ3n) is 3.39. The van der Waals surface area contributed by atoms with E-state index < -0.39 is 0 Å². The van der Waals surface area contributed by atoms with Gasteiger partial charge in [-0.1, -0.05) is 54.6 Å². The third-order valence-corrected chi connectivity index (χ3v) is 3.56. The molecule has 23 heavy (non-hydrogen) atoms. The number of hydrogen-bond acceptors (Lipinski definition) is 3. The summed E-state index contributed by atoms with van der Waals surface area (Å²) in [5.74, 6) is 0. The monoisotopic (exact) mass is 322 g/mol. The van der Waals surface area contributed by atoms with Crippen molar-refractivity contribution in [3.63, 3.8) is 0 Å². The molecule has 0 bridgehead atoms. The van der Waals surface area contributed by atoms with Gasteiger partial charge in [-0.2, -0.15) is 0 Å². The van der Waals surface area contributed by atoms with Crippen LogP contribution in [0.2, 0.25) is 5.28 Å². The molecule has 0 spiro atoms. The highest BCUT2D eigenvalue weighted by molar-refractivity contribution is 6.28. The number of halogens is 1. The molecule has 0 atom stereocenters. The molecule has 3 nitrogen and oxygen atoms in total. The van der Waals surface area contributed by atoms with Crippen molar-refractivity contribution in [2.24, 2.45) is 0 Å². The second kappa shape index (κ2) is 7.07. The number of rotatable bonds is 4. The molecule has 0 radical (unpaired) electrons. The first-order chi connectivity index (χ1) is 11.3. The molecular weight excluding hydrogens is 308 g/mol. The molecule has 3 aromatic rings. The van der Waals surface area contributed by atoms with Crippen molar-refractivity contribution in [2.75, 3.05) is 7.11 Å². The molecule has 1 heterocycles. The van der Waals surface area contributed by atoms with E-state index in [1.165, 1.54) is 0 Å². The van der Waals surface area contributed by atoms with Crippen LogP contribution < -0.4 is 0 Å². The maximum absolute atomic E-state index is 6.14. The van der Waals surface area contributed by atoms with E-state index in [2.05, 4.69) is 9.97 Å². The van der Waals surface area contributed by atoms with Gasteiger partial charge in [-0.15, -0.1) is 0 Å². The van der Waals surface area contributed by atoms with Crippen molar-refractivity contribution in [3.8, 4) is 22.5 Å². The van der Waals surface area contributed by atoms with Crippen molar-refractivity contribution in [2.45, 2.75) is 0 Å². The van der Waals surface area contributed by atoms with Crippen LogP contribution in [0.1, 0.15) is 5.56 Å². The largest absolute Gasteiger partial charge is 0.504 e. The summed E-state index contributed by atoms with van der Waals surface area (Å²) in [6.45, 7) is 0. The fourth-order valence-corrected chi connectivity index (χ4v) is 2.51. The summed E-state index contributed by atoms with van der Waals surface area (Å²) >= 11 is 6.14. The van der Waals surface area contributed by atoms with Gasteiger partial charge in [-0.3, -0.25) is 0 Å². The Morgan fingerprint density at radius 2 is 1.61 bits per heavy atom. The van der Waals surface area contributed by atoms with Gasteiger partial charge in [-0.05, 0) is 29.3 Å². The van der Waals surface area contributed by atoms with Gasteiger partial charge in [-0.25, -0.2) is 9.97 Å². The Bertz CT molecular complexity index is 832. The number of hydrogen-bond donors (Lipinski definition) is 0. The molecule has 3 rings (SSSR count). The zero-order valence-corrected chi connectivity index (χ0v) is 13.4. The number of benzene rings is 2. The summed E-state index contributed by atoms with van der Waals surface area (Å²) in [5, 5.41) is 0.229. The fourth-order valence-electron chi connectivity index (χ4n) is 2.33. The van der Waals surface area contributed by atoms with Crippen LogP contribution in [0, 0.1) is 0 Å². The lowest BCUT2D eigenvalue weighted by atomic mass is 10.0. The maximum Gasteiger partial charge on any atom is 0.223 e. The Hall–Kier alpha value is -2.65. The van der Waals surface area contributed by atoms with E-state index in [1.54, 1.807) is 13.4 Å². The fraction of sp³-hybridized carbons (Fsp3) is 0.0526. The minimum atomic E-state index is 0.229. The molecular formula is C19H15ClN2O. The molecule has 0 aliphatic heterocycles. The van der Waals surface area contributed by atoms with E-state index in [4.69, 9.17) is 16.3 Å². The summed E-state index contributed by atoms with van der Waals surface area (Å²) in [6, 6.07) is 19.8. The van der Waals surface area contributed by atoms with Crippen LogP contribution in [-0.2, 0) is 4.74 Å². The molecule has 4 heteroatoms. The molecule has 0 aliphatic rings. The van der Waals surface area contributed by atoms with Crippen molar-refractivity contribution >= 4 is 17.7 Å². The zero-order chi connectivity index (χ0) is 16.1. The summed E-state index contributed by atoms with van der Waals surface area (Å²) in [6.07, 6.45) is 3.53. The van der Waals surface area contributed by atoms with Crippen LogP contribution in [0.4, 0.5) is 0 Å². The van der Waals surface area contributed by atoms with Crippen molar-refractivity contribution in [1.82, 2.24) is 9.97 Å². The molecule has 0 amide bonds. The maximum atomic E-state index is 6.14. The van der Waals surface area contributed by atoms with Crippen LogP contribution >= 0.6 is 11.6 Å². The van der Waals surface area contributed by atoms with E-state index in [9.17, 15) is 0 Å². The van der Waals surface area contributed by atoms with Gasteiger partial charge < -0.3 is 4.74 Å². The van der Waals surface area contributed by atoms with Crippen LogP contribution in [0.25, 0.3) is 28.6 Å². The van der Waals surface area contributed by atoms with Crippen molar-refractivity contribution in [1.29, 1.82) is 0 Å². The Morgan fingerprint density at radius 3 is 2.39 bits per heavy atom. The number of nitrogens with zero attached hydrogens (tertiary/aromatic N) is 2. The highest BCUT2D eigenvalue weighted by Gasteiger charge is 2.09. The van der Waals surface area contributed by atoms with E-state index >= 15 is 0 Å². The standard InChI is InChI=1S/C19H15ClN2O/c1-23-12-11-14-7-5-6-10-16(14)18-13-17(21-19(20)22-18)15-8-3-2-4-9-15/h2-13H,1H3. The van der Waals surface area contributed by atoms with Gasteiger partial charge in [0.15, 0.2) is 0 Å². The van der Waals surface area contributed by atoms with Crippen LogP contribution in [0.5, 0.6) is 0 Å². The molecule has 2 aromatic carbocycles. The molecule has 0 saturated heterocycles. The summed E-state index contributed by atoms with van der Waals surface area (Å²) < 4.78 is 5.01. The summed E-state index contributed by atoms with van der Waals surface area (Å²) in [7, 11) is 1.62. The number of ether oxygens (including phenoxy) is 1. The molecule has 0 aliphatic carbocycles. The quantitative estimate of drug-likeness (QED) is 0.496. The first kappa shape index (κ1) is 15.3. The van der Waals surface area contributed by atoms with E-state index in [0.29, 0.717) is 0 Å². The SMILES string of the molecule is COC=Cc1ccccc1-c1cc(-c2ccccc2)nc(Cl)n1. The van der Waals surface area contributed by atoms with Gasteiger partial charge in [0, 0.05) is 11.1 Å². The predicted molar refractivity (Wildman–Crippen MR) is 94.0 cm³/mol. The number of methoxy groups -OCH3 is 1. The Morgan fingerprint density at radius 1 is 0.913 bits per heavy atom. The van der Waals surface area contributed by atoms with E-state index in [-0.39, 0.29) is 5.28 Å². The van der Waals surface area contributed by atoms with Crippen molar-refractivity contribution in [3.05, 3.63) is 77.8 Å². The summed E-state index contributed by atoms with van der Waals surface area (Å²) in [4.78, 5) is 8.71. The third kappa shape index (κ3) is 3.58. The van der Waals surface area contributed by atoms with Crippen LogP contribution in [0.15, 0.2) is 66.9 Å². The second-order valence-corrected chi connectivity index (χ2v) is 5.24. The zero-order valence-electron chi connectivity index (χ0n) is 12.6. The average molecular weight is 323 g/mol. The number of aromatic nitrogens is 2. The lowest BCUT2D eigenvalue weighted by molar-refractivity contribution is 0.341. The topological polar surface area (TPSA) is 35.0 Å². The predicted octanol–water partition coefficient (Wildman–Crippen LogP) is 5.08. The van der Waals surface area contributed by atoms with Crippen LogP contribution in [0.3, 0.4) is 0 Å². The van der Waals surface area contributed by atoms with Crippen LogP contribution in [-0.4, -0.2) is 17.1 Å². The smallest absolute Gasteiger partial charge is 0.223 e. The first-order valence-electron chi connectivity index (χ1n) is 7.16. The molecule has 0 unspecified atom stereocenters. The molecule has 0 saturated carbocycles. The van der Waals surface area contributed by atoms with E-state index in [0.717, 1.165) is 28.1 Å². The van der Waals surface area contributed by atoms with Gasteiger partial charge in [0.05, 0.1) is 24.8 Å². The molecule has 0 N–H and O–H groups in total. The van der Waals surface area contributed by atoms with E-state index in [1.807, 2.05) is 66.7 Å². The van der Waals surface area contributed by atoms with Crippen molar-refractivity contribution < 1.29 is 4.74 Å². The lowest BCUT2D eigenvalue weighted by Crippen LogP contribution is -1.93. The molecule has 1 aromatic heterocycles. The highest BCUT2D eigenvalue weighted by Crippen LogP contribution is 2.28. The van der Waals surface area contributed by atoms with Gasteiger partial charge in [0.1, 0.15) is 0 Å². The second-order valence-electron chi connectivity index (χ2n) is 4.90. The highest BCUT2D eigenvalue weighted by atomic mass is 35.5. The van der Waals surface area contributed by atoms with Gasteiger partial charge >= 0.3 is 0 Å². The Labute approximate surface area is 140 Å². The molecule has 0 fully saturated rings. The van der Waals surface area contributed by atoms with Gasteiger partial charge in [0.2, 0.25) is 5.28 Å².